The van der Waals surface area contributed by atoms with Gasteiger partial charge >= 0.3 is 0 Å². The van der Waals surface area contributed by atoms with Crippen LogP contribution in [0.25, 0.3) is 0 Å². The monoisotopic (exact) mass is 227 g/mol. The Morgan fingerprint density at radius 2 is 1.94 bits per heavy atom. The van der Waals surface area contributed by atoms with Gasteiger partial charge in [0.25, 0.3) is 0 Å². The van der Waals surface area contributed by atoms with Crippen LogP contribution in [0.3, 0.4) is 0 Å². The molecule has 0 aromatic rings. The first kappa shape index (κ1) is 13.5. The Hall–Kier alpha value is -0.610. The van der Waals surface area contributed by atoms with Crippen molar-refractivity contribution in [2.75, 3.05) is 13.1 Å². The van der Waals surface area contributed by atoms with Gasteiger partial charge in [-0.05, 0) is 38.6 Å². The lowest BCUT2D eigenvalue weighted by Crippen LogP contribution is -2.45. The van der Waals surface area contributed by atoms with E-state index in [1.165, 1.54) is 0 Å². The molecule has 1 saturated carbocycles. The second-order valence-electron chi connectivity index (χ2n) is 4.86. The third kappa shape index (κ3) is 4.49. The first-order chi connectivity index (χ1) is 7.63. The van der Waals surface area contributed by atoms with Gasteiger partial charge in [0.1, 0.15) is 0 Å². The highest BCUT2D eigenvalue weighted by Gasteiger charge is 2.24. The van der Waals surface area contributed by atoms with Gasteiger partial charge < -0.3 is 11.5 Å². The number of nitrogens with zero attached hydrogens (tertiary/aromatic N) is 1. The summed E-state index contributed by atoms with van der Waals surface area (Å²) >= 11 is 0. The number of primary amides is 1. The van der Waals surface area contributed by atoms with Crippen molar-refractivity contribution in [3.05, 3.63) is 0 Å². The maximum Gasteiger partial charge on any atom is 0.231 e. The van der Waals surface area contributed by atoms with Crippen molar-refractivity contribution in [1.82, 2.24) is 4.90 Å². The molecule has 0 aliphatic heterocycles. The highest BCUT2D eigenvalue weighted by atomic mass is 16.1. The largest absolute Gasteiger partial charge is 0.369 e. The minimum atomic E-state index is -0.217. The number of amides is 1. The molecule has 1 aliphatic rings. The number of hydrogen-bond acceptors (Lipinski definition) is 3. The maximum atomic E-state index is 11.0. The summed E-state index contributed by atoms with van der Waals surface area (Å²) in [5, 5.41) is 0. The second kappa shape index (κ2) is 6.86. The van der Waals surface area contributed by atoms with Crippen LogP contribution in [0.2, 0.25) is 0 Å². The Balaban J connectivity index is 2.43. The average molecular weight is 227 g/mol. The van der Waals surface area contributed by atoms with Gasteiger partial charge in [0, 0.05) is 12.1 Å². The Bertz CT molecular complexity index is 212. The van der Waals surface area contributed by atoms with Crippen molar-refractivity contribution in [1.29, 1.82) is 0 Å². The minimum absolute atomic E-state index is 0.217. The molecule has 4 heteroatoms. The van der Waals surface area contributed by atoms with Crippen LogP contribution >= 0.6 is 0 Å². The maximum absolute atomic E-state index is 11.0. The summed E-state index contributed by atoms with van der Waals surface area (Å²) in [6, 6.07) is 0.872. The van der Waals surface area contributed by atoms with E-state index in [2.05, 4.69) is 11.8 Å². The van der Waals surface area contributed by atoms with E-state index in [0.717, 1.165) is 45.1 Å². The zero-order valence-corrected chi connectivity index (χ0v) is 10.3. The van der Waals surface area contributed by atoms with Crippen LogP contribution < -0.4 is 11.5 Å². The molecule has 1 aliphatic carbocycles. The summed E-state index contributed by atoms with van der Waals surface area (Å²) < 4.78 is 0. The molecule has 1 rings (SSSR count). The summed E-state index contributed by atoms with van der Waals surface area (Å²) in [7, 11) is 0. The quantitative estimate of drug-likeness (QED) is 0.706. The predicted octanol–water partition coefficient (Wildman–Crippen LogP) is 0.844. The van der Waals surface area contributed by atoms with E-state index in [1.807, 2.05) is 0 Å². The highest BCUT2D eigenvalue weighted by molar-refractivity contribution is 5.75. The van der Waals surface area contributed by atoms with Crippen LogP contribution in [-0.4, -0.2) is 36.0 Å². The molecule has 16 heavy (non-hydrogen) atoms. The molecule has 4 N–H and O–H groups in total. The summed E-state index contributed by atoms with van der Waals surface area (Å²) in [6.45, 7) is 3.55. The fourth-order valence-corrected chi connectivity index (χ4v) is 2.42. The van der Waals surface area contributed by atoms with Crippen LogP contribution in [0.4, 0.5) is 0 Å². The van der Waals surface area contributed by atoms with Crippen molar-refractivity contribution in [2.24, 2.45) is 11.5 Å². The van der Waals surface area contributed by atoms with Gasteiger partial charge in [-0.3, -0.25) is 9.69 Å². The van der Waals surface area contributed by atoms with Crippen molar-refractivity contribution < 1.29 is 4.79 Å². The van der Waals surface area contributed by atoms with Crippen LogP contribution in [0, 0.1) is 0 Å². The third-order valence-electron chi connectivity index (χ3n) is 3.42. The third-order valence-corrected chi connectivity index (χ3v) is 3.42. The Morgan fingerprint density at radius 1 is 1.31 bits per heavy atom. The molecule has 0 heterocycles. The van der Waals surface area contributed by atoms with Gasteiger partial charge in [-0.1, -0.05) is 13.3 Å². The van der Waals surface area contributed by atoms with E-state index >= 15 is 0 Å². The molecule has 0 unspecified atom stereocenters. The normalized spacial score (nSPS) is 25.9. The minimum Gasteiger partial charge on any atom is -0.369 e. The first-order valence-electron chi connectivity index (χ1n) is 6.41. The second-order valence-corrected chi connectivity index (χ2v) is 4.86. The topological polar surface area (TPSA) is 72.3 Å². The van der Waals surface area contributed by atoms with E-state index in [4.69, 9.17) is 11.5 Å². The molecular weight excluding hydrogens is 202 g/mol. The van der Waals surface area contributed by atoms with Gasteiger partial charge in [-0.2, -0.15) is 0 Å². The predicted molar refractivity (Wildman–Crippen MR) is 65.9 cm³/mol. The molecule has 0 bridgehead atoms. The van der Waals surface area contributed by atoms with Crippen LogP contribution in [0.5, 0.6) is 0 Å². The SMILES string of the molecule is CCCCN(CC(N)=O)C1CCC(N)CC1. The Kier molecular flexibility index (Phi) is 5.77. The molecule has 0 saturated heterocycles. The molecule has 0 radical (unpaired) electrons. The fourth-order valence-electron chi connectivity index (χ4n) is 2.42. The number of carbonyl (C=O) groups is 1. The van der Waals surface area contributed by atoms with Gasteiger partial charge in [0.05, 0.1) is 6.54 Å². The summed E-state index contributed by atoms with van der Waals surface area (Å²) in [4.78, 5) is 13.3. The molecule has 0 atom stereocenters. The molecular formula is C12H25N3O. The zero-order chi connectivity index (χ0) is 12.0. The molecule has 0 spiro atoms. The van der Waals surface area contributed by atoms with Crippen molar-refractivity contribution in [3.8, 4) is 0 Å². The van der Waals surface area contributed by atoms with Crippen LogP contribution in [-0.2, 0) is 4.79 Å². The summed E-state index contributed by atoms with van der Waals surface area (Å²) in [5.41, 5.74) is 11.2. The lowest BCUT2D eigenvalue weighted by atomic mass is 9.90. The van der Waals surface area contributed by atoms with Crippen LogP contribution in [0.15, 0.2) is 0 Å². The van der Waals surface area contributed by atoms with Crippen molar-refractivity contribution in [2.45, 2.75) is 57.5 Å². The van der Waals surface area contributed by atoms with E-state index < -0.39 is 0 Å². The summed E-state index contributed by atoms with van der Waals surface area (Å²) in [6.07, 6.45) is 6.66. The molecule has 1 fully saturated rings. The molecule has 1 amide bonds. The molecule has 0 aromatic heterocycles. The Labute approximate surface area is 98.3 Å². The average Bonchev–Trinajstić information content (AvgIpc) is 2.25. The highest BCUT2D eigenvalue weighted by Crippen LogP contribution is 2.22. The molecule has 94 valence electrons. The lowest BCUT2D eigenvalue weighted by Gasteiger charge is -2.35. The van der Waals surface area contributed by atoms with E-state index in [-0.39, 0.29) is 5.91 Å². The fraction of sp³-hybridized carbons (Fsp3) is 0.917. The van der Waals surface area contributed by atoms with Crippen molar-refractivity contribution >= 4 is 5.91 Å². The van der Waals surface area contributed by atoms with E-state index in [0.29, 0.717) is 18.6 Å². The van der Waals surface area contributed by atoms with Gasteiger partial charge in [-0.25, -0.2) is 0 Å². The number of rotatable bonds is 6. The standard InChI is InChI=1S/C12H25N3O/c1-2-3-8-15(9-12(14)16)11-6-4-10(13)5-7-11/h10-11H,2-9,13H2,1H3,(H2,14,16). The lowest BCUT2D eigenvalue weighted by molar-refractivity contribution is -0.119. The number of nitrogens with two attached hydrogens (primary N) is 2. The number of hydrogen-bond donors (Lipinski definition) is 2. The van der Waals surface area contributed by atoms with Gasteiger partial charge in [-0.15, -0.1) is 0 Å². The van der Waals surface area contributed by atoms with E-state index in [1.54, 1.807) is 0 Å². The zero-order valence-electron chi connectivity index (χ0n) is 10.3. The van der Waals surface area contributed by atoms with Gasteiger partial charge in [0.15, 0.2) is 0 Å². The van der Waals surface area contributed by atoms with Gasteiger partial charge in [0.2, 0.25) is 5.91 Å². The van der Waals surface area contributed by atoms with E-state index in [9.17, 15) is 4.79 Å². The smallest absolute Gasteiger partial charge is 0.231 e. The molecule has 4 nitrogen and oxygen atoms in total. The Morgan fingerprint density at radius 3 is 2.44 bits per heavy atom. The summed E-state index contributed by atoms with van der Waals surface area (Å²) in [5.74, 6) is -0.217. The number of unbranched alkanes of at least 4 members (excludes halogenated alkanes) is 1. The molecule has 0 aromatic carbocycles. The van der Waals surface area contributed by atoms with Crippen LogP contribution in [0.1, 0.15) is 45.4 Å². The first-order valence-corrected chi connectivity index (χ1v) is 6.41. The van der Waals surface area contributed by atoms with Crippen molar-refractivity contribution in [3.63, 3.8) is 0 Å². The number of carbonyl (C=O) groups excluding carboxylic acids is 1.